The molecule has 5 heteroatoms. The van der Waals surface area contributed by atoms with Crippen molar-refractivity contribution in [3.63, 3.8) is 0 Å². The standard InChI is InChI=1S/C58H49BN4/c1-56(2,3)38-26-30-41(31-27-38)62(42-32-28-39(29-33-42)57(4,5)6)43-34-35-50-49(37-43)58(46-21-12-10-19-44(46)45-20-11-13-22-47(45)58)48-23-16-24-51-53(48)59(50)54-55(61-36-15-14-25-52(61)60-54)63(51)40-17-8-7-9-18-40/h7-37H,1-6H3. The number of para-hydroxylation sites is 1. The molecule has 9 aromatic rings. The van der Waals surface area contributed by atoms with Crippen LogP contribution in [0.4, 0.5) is 34.3 Å². The second-order valence-corrected chi connectivity index (χ2v) is 19.6. The van der Waals surface area contributed by atoms with Gasteiger partial charge >= 0.3 is 0 Å². The fraction of sp³-hybridized carbons (Fsp3) is 0.155. The molecule has 0 bridgehead atoms. The zero-order valence-electron chi connectivity index (χ0n) is 36.8. The van der Waals surface area contributed by atoms with E-state index in [9.17, 15) is 0 Å². The molecule has 0 radical (unpaired) electrons. The molecule has 2 aliphatic heterocycles. The van der Waals surface area contributed by atoms with Crippen LogP contribution in [-0.2, 0) is 16.2 Å². The topological polar surface area (TPSA) is 23.8 Å². The van der Waals surface area contributed by atoms with Gasteiger partial charge in [0.1, 0.15) is 11.5 Å². The molecule has 4 heterocycles. The third kappa shape index (κ3) is 5.38. The van der Waals surface area contributed by atoms with Gasteiger partial charge in [0.2, 0.25) is 0 Å². The van der Waals surface area contributed by atoms with Gasteiger partial charge in [0, 0.05) is 34.6 Å². The molecule has 3 aliphatic rings. The first kappa shape index (κ1) is 37.6. The van der Waals surface area contributed by atoms with E-state index in [0.717, 1.165) is 39.8 Å². The maximum Gasteiger partial charge on any atom is 0.273 e. The average Bonchev–Trinajstić information content (AvgIpc) is 3.82. The number of rotatable bonds is 4. The van der Waals surface area contributed by atoms with E-state index in [-0.39, 0.29) is 17.5 Å². The number of fused-ring (bicyclic) bond motifs is 13. The number of pyridine rings is 1. The van der Waals surface area contributed by atoms with Crippen molar-refractivity contribution in [3.8, 4) is 11.1 Å². The molecule has 7 aromatic carbocycles. The van der Waals surface area contributed by atoms with Gasteiger partial charge in [-0.05, 0) is 128 Å². The fourth-order valence-corrected chi connectivity index (χ4v) is 11.1. The molecule has 2 aromatic heterocycles. The van der Waals surface area contributed by atoms with E-state index < -0.39 is 5.41 Å². The molecule has 4 nitrogen and oxygen atoms in total. The van der Waals surface area contributed by atoms with Crippen LogP contribution < -0.4 is 26.3 Å². The summed E-state index contributed by atoms with van der Waals surface area (Å²) in [5, 5.41) is 0. The van der Waals surface area contributed by atoms with Crippen molar-refractivity contribution in [2.75, 3.05) is 9.80 Å². The average molecular weight is 813 g/mol. The molecule has 0 saturated heterocycles. The first-order valence-corrected chi connectivity index (χ1v) is 22.3. The van der Waals surface area contributed by atoms with Crippen molar-refractivity contribution in [2.24, 2.45) is 0 Å². The van der Waals surface area contributed by atoms with E-state index in [4.69, 9.17) is 4.98 Å². The Bertz CT molecular complexity index is 3160. The van der Waals surface area contributed by atoms with Crippen molar-refractivity contribution in [3.05, 3.63) is 222 Å². The highest BCUT2D eigenvalue weighted by Crippen LogP contribution is 2.58. The number of hydrogen-bond acceptors (Lipinski definition) is 3. The van der Waals surface area contributed by atoms with Crippen molar-refractivity contribution in [1.29, 1.82) is 0 Å². The Morgan fingerprint density at radius 1 is 0.508 bits per heavy atom. The molecule has 12 rings (SSSR count). The van der Waals surface area contributed by atoms with Gasteiger partial charge in [-0.1, -0.05) is 162 Å². The smallest absolute Gasteiger partial charge is 0.273 e. The molecule has 63 heavy (non-hydrogen) atoms. The zero-order valence-corrected chi connectivity index (χ0v) is 36.8. The molecule has 1 spiro atoms. The molecule has 0 atom stereocenters. The molecule has 0 unspecified atom stereocenters. The maximum absolute atomic E-state index is 5.58. The van der Waals surface area contributed by atoms with E-state index in [0.29, 0.717) is 0 Å². The summed E-state index contributed by atoms with van der Waals surface area (Å²) >= 11 is 0. The number of imidazole rings is 1. The van der Waals surface area contributed by atoms with Crippen LogP contribution in [0.2, 0.25) is 0 Å². The lowest BCUT2D eigenvalue weighted by atomic mass is 9.31. The SMILES string of the molecule is CC(C)(C)c1ccc(N(c2ccc(C(C)(C)C)cc2)c2ccc3c(c2)C2(c4ccccc4-c4ccccc42)c2cccc4c2B3c2nc3ccccn3c2N4c2ccccc2)cc1. The minimum absolute atomic E-state index is 0.0400. The second kappa shape index (κ2) is 13.4. The van der Waals surface area contributed by atoms with E-state index in [1.165, 1.54) is 61.1 Å². The van der Waals surface area contributed by atoms with Crippen molar-refractivity contribution in [1.82, 2.24) is 9.38 Å². The molecule has 0 N–H and O–H groups in total. The summed E-state index contributed by atoms with van der Waals surface area (Å²) in [5.41, 5.74) is 20.2. The lowest BCUT2D eigenvalue weighted by Crippen LogP contribution is -2.65. The second-order valence-electron chi connectivity index (χ2n) is 19.6. The minimum Gasteiger partial charge on any atom is -0.310 e. The van der Waals surface area contributed by atoms with Crippen LogP contribution in [0, 0.1) is 0 Å². The fourth-order valence-electron chi connectivity index (χ4n) is 11.1. The largest absolute Gasteiger partial charge is 0.310 e. The van der Waals surface area contributed by atoms with E-state index in [1.54, 1.807) is 0 Å². The summed E-state index contributed by atoms with van der Waals surface area (Å²) in [7, 11) is 0. The van der Waals surface area contributed by atoms with Crippen LogP contribution in [0.1, 0.15) is 74.9 Å². The maximum atomic E-state index is 5.58. The van der Waals surface area contributed by atoms with Gasteiger partial charge in [0.15, 0.2) is 0 Å². The monoisotopic (exact) mass is 812 g/mol. The highest BCUT2D eigenvalue weighted by atomic mass is 15.3. The summed E-state index contributed by atoms with van der Waals surface area (Å²) in [4.78, 5) is 10.5. The van der Waals surface area contributed by atoms with Crippen LogP contribution in [0.25, 0.3) is 16.8 Å². The number of nitrogens with zero attached hydrogens (tertiary/aromatic N) is 4. The van der Waals surface area contributed by atoms with Crippen molar-refractivity contribution < 1.29 is 0 Å². The van der Waals surface area contributed by atoms with Gasteiger partial charge in [-0.3, -0.25) is 9.30 Å². The minimum atomic E-state index is -0.600. The van der Waals surface area contributed by atoms with E-state index >= 15 is 0 Å². The zero-order chi connectivity index (χ0) is 42.8. The number of hydrogen-bond donors (Lipinski definition) is 0. The Hall–Kier alpha value is -7.11. The highest BCUT2D eigenvalue weighted by Gasteiger charge is 2.56. The summed E-state index contributed by atoms with van der Waals surface area (Å²) in [6.07, 6.45) is 2.16. The summed E-state index contributed by atoms with van der Waals surface area (Å²) in [6.45, 7) is 13.6. The summed E-state index contributed by atoms with van der Waals surface area (Å²) in [6, 6.07) is 68.2. The quantitative estimate of drug-likeness (QED) is 0.165. The lowest BCUT2D eigenvalue weighted by molar-refractivity contribution is 0.590. The molecule has 0 amide bonds. The third-order valence-electron chi connectivity index (χ3n) is 14.0. The van der Waals surface area contributed by atoms with Gasteiger partial charge in [-0.25, -0.2) is 4.98 Å². The Morgan fingerprint density at radius 3 is 1.68 bits per heavy atom. The van der Waals surface area contributed by atoms with Gasteiger partial charge in [0.05, 0.1) is 11.0 Å². The van der Waals surface area contributed by atoms with E-state index in [2.05, 4.69) is 244 Å². The van der Waals surface area contributed by atoms with Crippen LogP contribution >= 0.6 is 0 Å². The first-order valence-electron chi connectivity index (χ1n) is 22.3. The molecular weight excluding hydrogens is 763 g/mol. The number of anilines is 6. The van der Waals surface area contributed by atoms with Crippen LogP contribution in [0.5, 0.6) is 0 Å². The molecule has 304 valence electrons. The van der Waals surface area contributed by atoms with Gasteiger partial charge < -0.3 is 4.90 Å². The van der Waals surface area contributed by atoms with Crippen LogP contribution in [0.3, 0.4) is 0 Å². The van der Waals surface area contributed by atoms with Crippen LogP contribution in [-0.4, -0.2) is 16.1 Å². The Balaban J connectivity index is 1.18. The van der Waals surface area contributed by atoms with Gasteiger partial charge in [-0.15, -0.1) is 0 Å². The lowest BCUT2D eigenvalue weighted by Gasteiger charge is -2.46. The highest BCUT2D eigenvalue weighted by molar-refractivity contribution is 6.98. The Kier molecular flexibility index (Phi) is 8.03. The summed E-state index contributed by atoms with van der Waals surface area (Å²) < 4.78 is 2.28. The number of benzene rings is 7. The predicted octanol–water partition coefficient (Wildman–Crippen LogP) is 12.4. The van der Waals surface area contributed by atoms with Crippen molar-refractivity contribution in [2.45, 2.75) is 57.8 Å². The Morgan fingerprint density at radius 2 is 1.06 bits per heavy atom. The number of aromatic nitrogens is 2. The molecule has 1 aliphatic carbocycles. The van der Waals surface area contributed by atoms with E-state index in [1.807, 2.05) is 0 Å². The summed E-state index contributed by atoms with van der Waals surface area (Å²) in [5.74, 6) is 1.09. The molecule has 0 saturated carbocycles. The molecule has 0 fully saturated rings. The van der Waals surface area contributed by atoms with Crippen molar-refractivity contribution >= 4 is 63.1 Å². The predicted molar refractivity (Wildman–Crippen MR) is 264 cm³/mol. The third-order valence-corrected chi connectivity index (χ3v) is 14.0. The Labute approximate surface area is 371 Å². The van der Waals surface area contributed by atoms with Gasteiger partial charge in [-0.2, -0.15) is 0 Å². The van der Waals surface area contributed by atoms with Gasteiger partial charge in [0.25, 0.3) is 6.71 Å². The molecular formula is C58H49BN4. The first-order chi connectivity index (χ1) is 30.5. The van der Waals surface area contributed by atoms with Crippen LogP contribution in [0.15, 0.2) is 188 Å². The normalized spacial score (nSPS) is 14.3.